The molecule has 2 fully saturated rings. The second-order valence-corrected chi connectivity index (χ2v) is 5.02. The zero-order chi connectivity index (χ0) is 12.4. The van der Waals surface area contributed by atoms with Crippen LogP contribution in [0.5, 0.6) is 0 Å². The molecule has 0 saturated carbocycles. The van der Waals surface area contributed by atoms with Gasteiger partial charge < -0.3 is 14.7 Å². The van der Waals surface area contributed by atoms with E-state index in [9.17, 15) is 9.59 Å². The minimum atomic E-state index is -0.803. The summed E-state index contributed by atoms with van der Waals surface area (Å²) in [5.41, 5.74) is 0. The second-order valence-electron chi connectivity index (χ2n) is 5.02. The van der Waals surface area contributed by atoms with E-state index in [1.54, 1.807) is 4.90 Å². The fourth-order valence-corrected chi connectivity index (χ4v) is 2.56. The van der Waals surface area contributed by atoms with Gasteiger partial charge in [-0.2, -0.15) is 0 Å². The number of aliphatic carboxylic acids is 1. The number of carboxylic acids is 1. The van der Waals surface area contributed by atoms with Gasteiger partial charge in [-0.3, -0.25) is 9.59 Å². The first kappa shape index (κ1) is 12.4. The molecule has 0 aromatic carbocycles. The van der Waals surface area contributed by atoms with Gasteiger partial charge >= 0.3 is 5.97 Å². The highest BCUT2D eigenvalue weighted by atomic mass is 16.5. The van der Waals surface area contributed by atoms with Crippen LogP contribution in [0.25, 0.3) is 0 Å². The van der Waals surface area contributed by atoms with Crippen molar-refractivity contribution >= 4 is 11.9 Å². The number of carbonyl (C=O) groups excluding carboxylic acids is 1. The van der Waals surface area contributed by atoms with Crippen molar-refractivity contribution in [2.45, 2.75) is 44.8 Å². The summed E-state index contributed by atoms with van der Waals surface area (Å²) in [6.45, 7) is 2.91. The zero-order valence-electron chi connectivity index (χ0n) is 10.1. The standard InChI is InChI=1S/C12H19NO4/c1-8-2-4-10(17-8)7-13-6-9(12(15)16)3-5-11(13)14/h8-10H,2-7H2,1H3,(H,15,16). The summed E-state index contributed by atoms with van der Waals surface area (Å²) in [5, 5.41) is 8.98. The molecule has 1 N–H and O–H groups in total. The van der Waals surface area contributed by atoms with Crippen LogP contribution < -0.4 is 0 Å². The minimum Gasteiger partial charge on any atom is -0.481 e. The maximum atomic E-state index is 11.7. The highest BCUT2D eigenvalue weighted by molar-refractivity contribution is 5.80. The molecule has 17 heavy (non-hydrogen) atoms. The second kappa shape index (κ2) is 5.04. The number of likely N-dealkylation sites (tertiary alicyclic amines) is 1. The monoisotopic (exact) mass is 241 g/mol. The summed E-state index contributed by atoms with van der Waals surface area (Å²) in [6.07, 6.45) is 3.14. The lowest BCUT2D eigenvalue weighted by Gasteiger charge is -2.32. The maximum absolute atomic E-state index is 11.7. The van der Waals surface area contributed by atoms with Crippen LogP contribution in [-0.4, -0.2) is 47.2 Å². The van der Waals surface area contributed by atoms with E-state index in [-0.39, 0.29) is 18.1 Å². The lowest BCUT2D eigenvalue weighted by atomic mass is 9.97. The number of amides is 1. The van der Waals surface area contributed by atoms with Crippen LogP contribution in [0, 0.1) is 5.92 Å². The predicted molar refractivity (Wildman–Crippen MR) is 60.5 cm³/mol. The van der Waals surface area contributed by atoms with E-state index in [0.29, 0.717) is 25.9 Å². The van der Waals surface area contributed by atoms with E-state index in [2.05, 4.69) is 0 Å². The largest absolute Gasteiger partial charge is 0.481 e. The Hall–Kier alpha value is -1.10. The Morgan fingerprint density at radius 3 is 2.82 bits per heavy atom. The Bertz CT molecular complexity index is 318. The number of nitrogens with zero attached hydrogens (tertiary/aromatic N) is 1. The summed E-state index contributed by atoms with van der Waals surface area (Å²) < 4.78 is 5.67. The molecule has 5 nitrogen and oxygen atoms in total. The predicted octanol–water partition coefficient (Wildman–Crippen LogP) is 0.877. The number of carboxylic acid groups (broad SMARTS) is 1. The van der Waals surface area contributed by atoms with Gasteiger partial charge in [0, 0.05) is 19.5 Å². The topological polar surface area (TPSA) is 66.8 Å². The smallest absolute Gasteiger partial charge is 0.308 e. The van der Waals surface area contributed by atoms with E-state index in [1.807, 2.05) is 6.92 Å². The molecule has 0 aromatic heterocycles. The molecule has 1 amide bonds. The molecule has 0 aromatic rings. The summed E-state index contributed by atoms with van der Waals surface area (Å²) in [5.74, 6) is -1.15. The average molecular weight is 241 g/mol. The van der Waals surface area contributed by atoms with Crippen molar-refractivity contribution in [1.82, 2.24) is 4.90 Å². The Balaban J connectivity index is 1.89. The van der Waals surface area contributed by atoms with Crippen LogP contribution in [0.15, 0.2) is 0 Å². The van der Waals surface area contributed by atoms with E-state index in [4.69, 9.17) is 9.84 Å². The Morgan fingerprint density at radius 1 is 1.47 bits per heavy atom. The molecule has 2 aliphatic rings. The minimum absolute atomic E-state index is 0.0608. The van der Waals surface area contributed by atoms with Crippen LogP contribution in [-0.2, 0) is 14.3 Å². The van der Waals surface area contributed by atoms with Gasteiger partial charge in [0.1, 0.15) is 0 Å². The van der Waals surface area contributed by atoms with Crippen molar-refractivity contribution in [3.05, 3.63) is 0 Å². The van der Waals surface area contributed by atoms with Gasteiger partial charge in [-0.15, -0.1) is 0 Å². The van der Waals surface area contributed by atoms with E-state index < -0.39 is 11.9 Å². The number of piperidine rings is 1. The summed E-state index contributed by atoms with van der Waals surface area (Å²) in [6, 6.07) is 0. The van der Waals surface area contributed by atoms with Crippen molar-refractivity contribution in [2.24, 2.45) is 5.92 Å². The van der Waals surface area contributed by atoms with Gasteiger partial charge in [-0.25, -0.2) is 0 Å². The number of hydrogen-bond donors (Lipinski definition) is 1. The third-order valence-electron chi connectivity index (χ3n) is 3.59. The van der Waals surface area contributed by atoms with Gasteiger partial charge in [-0.05, 0) is 26.2 Å². The number of rotatable bonds is 3. The quantitative estimate of drug-likeness (QED) is 0.796. The summed E-state index contributed by atoms with van der Waals surface area (Å²) in [7, 11) is 0. The Kier molecular flexibility index (Phi) is 3.66. The van der Waals surface area contributed by atoms with Gasteiger partial charge in [0.05, 0.1) is 18.1 Å². The molecule has 3 unspecified atom stereocenters. The molecule has 0 radical (unpaired) electrons. The molecule has 2 rings (SSSR count). The van der Waals surface area contributed by atoms with Crippen LogP contribution in [0.4, 0.5) is 0 Å². The van der Waals surface area contributed by atoms with Crippen LogP contribution in [0.1, 0.15) is 32.6 Å². The van der Waals surface area contributed by atoms with E-state index in [0.717, 1.165) is 12.8 Å². The first-order valence-corrected chi connectivity index (χ1v) is 6.22. The van der Waals surface area contributed by atoms with Crippen LogP contribution in [0.3, 0.4) is 0 Å². The van der Waals surface area contributed by atoms with Crippen molar-refractivity contribution in [3.63, 3.8) is 0 Å². The highest BCUT2D eigenvalue weighted by Gasteiger charge is 2.33. The molecule has 2 saturated heterocycles. The number of hydrogen-bond acceptors (Lipinski definition) is 3. The molecule has 0 aliphatic carbocycles. The molecular formula is C12H19NO4. The van der Waals surface area contributed by atoms with Crippen molar-refractivity contribution in [1.29, 1.82) is 0 Å². The van der Waals surface area contributed by atoms with Gasteiger partial charge in [0.2, 0.25) is 5.91 Å². The van der Waals surface area contributed by atoms with Crippen molar-refractivity contribution < 1.29 is 19.4 Å². The van der Waals surface area contributed by atoms with Gasteiger partial charge in [0.25, 0.3) is 0 Å². The normalized spacial score (nSPS) is 34.1. The third kappa shape index (κ3) is 2.97. The highest BCUT2D eigenvalue weighted by Crippen LogP contribution is 2.23. The summed E-state index contributed by atoms with van der Waals surface area (Å²) in [4.78, 5) is 24.3. The van der Waals surface area contributed by atoms with Crippen molar-refractivity contribution in [3.8, 4) is 0 Å². The van der Waals surface area contributed by atoms with Gasteiger partial charge in [-0.1, -0.05) is 0 Å². The number of ether oxygens (including phenoxy) is 1. The lowest BCUT2D eigenvalue weighted by Crippen LogP contribution is -2.45. The average Bonchev–Trinajstić information content (AvgIpc) is 2.67. The molecule has 5 heteroatoms. The molecule has 0 spiro atoms. The number of carbonyl (C=O) groups is 2. The first-order valence-electron chi connectivity index (χ1n) is 6.22. The molecule has 2 heterocycles. The van der Waals surface area contributed by atoms with E-state index in [1.165, 1.54) is 0 Å². The van der Waals surface area contributed by atoms with E-state index >= 15 is 0 Å². The van der Waals surface area contributed by atoms with Crippen molar-refractivity contribution in [2.75, 3.05) is 13.1 Å². The van der Waals surface area contributed by atoms with Crippen LogP contribution >= 0.6 is 0 Å². The molecule has 3 atom stereocenters. The molecule has 96 valence electrons. The van der Waals surface area contributed by atoms with Gasteiger partial charge in [0.15, 0.2) is 0 Å². The first-order chi connectivity index (χ1) is 8.06. The SMILES string of the molecule is CC1CCC(CN2CC(C(=O)O)CCC2=O)O1. The third-order valence-corrected chi connectivity index (χ3v) is 3.59. The zero-order valence-corrected chi connectivity index (χ0v) is 10.1. The maximum Gasteiger partial charge on any atom is 0.308 e. The Morgan fingerprint density at radius 2 is 2.24 bits per heavy atom. The Labute approximate surface area is 101 Å². The molecule has 2 aliphatic heterocycles. The molecular weight excluding hydrogens is 222 g/mol. The van der Waals surface area contributed by atoms with Crippen LogP contribution in [0.2, 0.25) is 0 Å². The fraction of sp³-hybridized carbons (Fsp3) is 0.833. The fourth-order valence-electron chi connectivity index (χ4n) is 2.56. The molecule has 0 bridgehead atoms. The lowest BCUT2D eigenvalue weighted by molar-refractivity contribution is -0.148. The summed E-state index contributed by atoms with van der Waals surface area (Å²) >= 11 is 0.